The monoisotopic (exact) mass is 240 g/mol. The molecule has 2 rings (SSSR count). The lowest BCUT2D eigenvalue weighted by Crippen LogP contribution is -1.93. The first-order valence-electron chi connectivity index (χ1n) is 4.95. The van der Waals surface area contributed by atoms with Crippen molar-refractivity contribution in [3.8, 4) is 0 Å². The third kappa shape index (κ3) is 2.91. The van der Waals surface area contributed by atoms with Gasteiger partial charge in [-0.3, -0.25) is 4.79 Å². The minimum absolute atomic E-state index is 0.0433. The van der Waals surface area contributed by atoms with Gasteiger partial charge in [-0.15, -0.1) is 11.3 Å². The van der Waals surface area contributed by atoms with Gasteiger partial charge in [-0.1, -0.05) is 12.2 Å². The van der Waals surface area contributed by atoms with Gasteiger partial charge >= 0.3 is 5.97 Å². The van der Waals surface area contributed by atoms with Crippen molar-refractivity contribution < 1.29 is 19.4 Å². The molecule has 0 unspecified atom stereocenters. The van der Waals surface area contributed by atoms with E-state index in [0.29, 0.717) is 13.2 Å². The van der Waals surface area contributed by atoms with Crippen LogP contribution >= 0.6 is 11.3 Å². The van der Waals surface area contributed by atoms with Crippen LogP contribution in [0.2, 0.25) is 0 Å². The van der Waals surface area contributed by atoms with Crippen molar-refractivity contribution in [3.05, 3.63) is 28.0 Å². The van der Waals surface area contributed by atoms with Crippen LogP contribution in [0.4, 0.5) is 0 Å². The molecule has 1 aromatic rings. The number of rotatable bonds is 4. The Morgan fingerprint density at radius 2 is 2.31 bits per heavy atom. The molecule has 1 aromatic heterocycles. The van der Waals surface area contributed by atoms with E-state index in [1.165, 1.54) is 0 Å². The standard InChI is InChI=1S/C11H12O4S/c12-10(13)3-1-2-8-6-9(16-7-8)11-14-4-5-15-11/h1-2,6-7,11H,3-5H2,(H,12,13). The lowest BCUT2D eigenvalue weighted by atomic mass is 10.2. The van der Waals surface area contributed by atoms with Crippen molar-refractivity contribution in [2.45, 2.75) is 12.7 Å². The molecule has 0 radical (unpaired) electrons. The van der Waals surface area contributed by atoms with Crippen molar-refractivity contribution in [3.63, 3.8) is 0 Å². The van der Waals surface area contributed by atoms with Gasteiger partial charge in [0.2, 0.25) is 0 Å². The first kappa shape index (κ1) is 11.3. The number of hydrogen-bond donors (Lipinski definition) is 1. The molecule has 1 N–H and O–H groups in total. The molecule has 1 aliphatic rings. The second-order valence-corrected chi connectivity index (χ2v) is 4.30. The fourth-order valence-corrected chi connectivity index (χ4v) is 2.27. The minimum atomic E-state index is -0.825. The highest BCUT2D eigenvalue weighted by atomic mass is 32.1. The number of hydrogen-bond acceptors (Lipinski definition) is 4. The van der Waals surface area contributed by atoms with Gasteiger partial charge in [0.05, 0.1) is 24.5 Å². The summed E-state index contributed by atoms with van der Waals surface area (Å²) in [6, 6.07) is 1.96. The van der Waals surface area contributed by atoms with Crippen LogP contribution in [-0.4, -0.2) is 24.3 Å². The summed E-state index contributed by atoms with van der Waals surface area (Å²) in [5.74, 6) is -0.825. The highest BCUT2D eigenvalue weighted by molar-refractivity contribution is 7.10. The Hall–Kier alpha value is -1.17. The zero-order valence-corrected chi connectivity index (χ0v) is 9.40. The van der Waals surface area contributed by atoms with Crippen molar-refractivity contribution in [2.75, 3.05) is 13.2 Å². The van der Waals surface area contributed by atoms with Crippen molar-refractivity contribution in [1.82, 2.24) is 0 Å². The Bertz CT molecular complexity index is 390. The summed E-state index contributed by atoms with van der Waals surface area (Å²) in [5.41, 5.74) is 0.986. The molecule has 0 aliphatic carbocycles. The molecular weight excluding hydrogens is 228 g/mol. The highest BCUT2D eigenvalue weighted by Gasteiger charge is 2.19. The summed E-state index contributed by atoms with van der Waals surface area (Å²) in [6.45, 7) is 1.26. The zero-order chi connectivity index (χ0) is 11.4. The third-order valence-electron chi connectivity index (χ3n) is 2.10. The topological polar surface area (TPSA) is 55.8 Å². The van der Waals surface area contributed by atoms with E-state index in [0.717, 1.165) is 10.4 Å². The summed E-state index contributed by atoms with van der Waals surface area (Å²) in [6.07, 6.45) is 3.22. The summed E-state index contributed by atoms with van der Waals surface area (Å²) in [7, 11) is 0. The van der Waals surface area contributed by atoms with Gasteiger partial charge in [0, 0.05) is 0 Å². The summed E-state index contributed by atoms with van der Waals surface area (Å²) >= 11 is 1.56. The average Bonchev–Trinajstić information content (AvgIpc) is 2.85. The van der Waals surface area contributed by atoms with Crippen LogP contribution in [-0.2, 0) is 14.3 Å². The first-order valence-corrected chi connectivity index (χ1v) is 5.83. The van der Waals surface area contributed by atoms with Gasteiger partial charge in [-0.05, 0) is 17.0 Å². The molecule has 4 nitrogen and oxygen atoms in total. The van der Waals surface area contributed by atoms with Gasteiger partial charge < -0.3 is 14.6 Å². The summed E-state index contributed by atoms with van der Waals surface area (Å²) in [4.78, 5) is 11.3. The van der Waals surface area contributed by atoms with Crippen molar-refractivity contribution in [1.29, 1.82) is 0 Å². The fraction of sp³-hybridized carbons (Fsp3) is 0.364. The molecule has 1 aliphatic heterocycles. The zero-order valence-electron chi connectivity index (χ0n) is 8.59. The average molecular weight is 240 g/mol. The molecule has 1 saturated heterocycles. The quantitative estimate of drug-likeness (QED) is 0.877. The van der Waals surface area contributed by atoms with E-state index in [2.05, 4.69) is 0 Å². The largest absolute Gasteiger partial charge is 0.481 e. The normalized spacial score (nSPS) is 17.2. The van der Waals surface area contributed by atoms with Crippen LogP contribution in [0.1, 0.15) is 23.2 Å². The Kier molecular flexibility index (Phi) is 3.71. The van der Waals surface area contributed by atoms with Crippen LogP contribution in [0.3, 0.4) is 0 Å². The lowest BCUT2D eigenvalue weighted by Gasteiger charge is -2.04. The Labute approximate surface area is 97.1 Å². The molecule has 1 fully saturated rings. The van der Waals surface area contributed by atoms with E-state index in [1.807, 2.05) is 11.4 Å². The molecule has 5 heteroatoms. The summed E-state index contributed by atoms with van der Waals surface area (Å²) < 4.78 is 10.7. The Morgan fingerprint density at radius 1 is 1.56 bits per heavy atom. The van der Waals surface area contributed by atoms with E-state index >= 15 is 0 Å². The lowest BCUT2D eigenvalue weighted by molar-refractivity contribution is -0.135. The molecule has 0 aromatic carbocycles. The van der Waals surface area contributed by atoms with Gasteiger partial charge in [0.25, 0.3) is 0 Å². The minimum Gasteiger partial charge on any atom is -0.481 e. The van der Waals surface area contributed by atoms with Crippen LogP contribution in [0, 0.1) is 0 Å². The van der Waals surface area contributed by atoms with Crippen molar-refractivity contribution in [2.24, 2.45) is 0 Å². The number of carbonyl (C=O) groups is 1. The van der Waals surface area contributed by atoms with Crippen LogP contribution in [0.5, 0.6) is 0 Å². The SMILES string of the molecule is O=C(O)CC=Cc1csc(C2OCCO2)c1. The van der Waals surface area contributed by atoms with E-state index in [4.69, 9.17) is 14.6 Å². The van der Waals surface area contributed by atoms with E-state index in [9.17, 15) is 4.79 Å². The maximum Gasteiger partial charge on any atom is 0.307 e. The molecule has 0 bridgehead atoms. The Balaban J connectivity index is 1.96. The molecule has 0 amide bonds. The van der Waals surface area contributed by atoms with E-state index < -0.39 is 5.97 Å². The van der Waals surface area contributed by atoms with E-state index in [1.54, 1.807) is 23.5 Å². The van der Waals surface area contributed by atoms with Crippen LogP contribution in [0.25, 0.3) is 6.08 Å². The second kappa shape index (κ2) is 5.25. The van der Waals surface area contributed by atoms with Gasteiger partial charge in [0.1, 0.15) is 0 Å². The first-order chi connectivity index (χ1) is 7.75. The number of carboxylic acids is 1. The number of aliphatic carboxylic acids is 1. The predicted molar refractivity (Wildman–Crippen MR) is 60.3 cm³/mol. The summed E-state index contributed by atoms with van der Waals surface area (Å²) in [5, 5.41) is 10.4. The van der Waals surface area contributed by atoms with E-state index in [-0.39, 0.29) is 12.7 Å². The second-order valence-electron chi connectivity index (χ2n) is 3.36. The van der Waals surface area contributed by atoms with Crippen molar-refractivity contribution >= 4 is 23.4 Å². The van der Waals surface area contributed by atoms with Crippen LogP contribution < -0.4 is 0 Å². The molecule has 2 heterocycles. The van der Waals surface area contributed by atoms with Gasteiger partial charge in [-0.2, -0.15) is 0 Å². The molecule has 0 saturated carbocycles. The fourth-order valence-electron chi connectivity index (χ4n) is 1.40. The third-order valence-corrected chi connectivity index (χ3v) is 3.07. The predicted octanol–water partition coefficient (Wildman–Crippen LogP) is 2.28. The number of carboxylic acid groups (broad SMARTS) is 1. The molecule has 0 spiro atoms. The smallest absolute Gasteiger partial charge is 0.307 e. The molecular formula is C11H12O4S. The Morgan fingerprint density at radius 3 is 3.00 bits per heavy atom. The molecule has 0 atom stereocenters. The number of thiophene rings is 1. The van der Waals surface area contributed by atoms with Crippen LogP contribution in [0.15, 0.2) is 17.5 Å². The number of ether oxygens (including phenoxy) is 2. The van der Waals surface area contributed by atoms with Gasteiger partial charge in [0.15, 0.2) is 6.29 Å². The molecule has 16 heavy (non-hydrogen) atoms. The molecule has 86 valence electrons. The maximum atomic E-state index is 10.3. The van der Waals surface area contributed by atoms with Gasteiger partial charge in [-0.25, -0.2) is 0 Å². The maximum absolute atomic E-state index is 10.3. The highest BCUT2D eigenvalue weighted by Crippen LogP contribution is 2.29.